The first-order valence-electron chi connectivity index (χ1n) is 7.68. The van der Waals surface area contributed by atoms with E-state index in [1.165, 1.54) is 18.2 Å². The number of nitrogens with one attached hydrogen (secondary N) is 1. The second kappa shape index (κ2) is 7.67. The Morgan fingerprint density at radius 1 is 1.20 bits per heavy atom. The van der Waals surface area contributed by atoms with E-state index in [9.17, 15) is 19.1 Å². The van der Waals surface area contributed by atoms with Gasteiger partial charge in [0.25, 0.3) is 5.24 Å². The number of imide groups is 1. The van der Waals surface area contributed by atoms with Gasteiger partial charge in [0.15, 0.2) is 0 Å². The van der Waals surface area contributed by atoms with Crippen LogP contribution in [0.2, 0.25) is 0 Å². The summed E-state index contributed by atoms with van der Waals surface area (Å²) >= 11 is 0.991. The van der Waals surface area contributed by atoms with Gasteiger partial charge >= 0.3 is 0 Å². The van der Waals surface area contributed by atoms with Crippen molar-refractivity contribution in [2.24, 2.45) is 0 Å². The SMILES string of the molecule is O=C1NC(=O)[C@H](Cc2ccc(OC[C@@H](O)c3cccc(F)c3)cc2)S1. The fourth-order valence-electron chi connectivity index (χ4n) is 2.45. The summed E-state index contributed by atoms with van der Waals surface area (Å²) in [6.45, 7) is -0.00180. The van der Waals surface area contributed by atoms with Crippen LogP contribution in [0.1, 0.15) is 17.2 Å². The Kier molecular flexibility index (Phi) is 5.35. The predicted molar refractivity (Wildman–Crippen MR) is 91.9 cm³/mol. The van der Waals surface area contributed by atoms with Crippen LogP contribution < -0.4 is 10.1 Å². The predicted octanol–water partition coefficient (Wildman–Crippen LogP) is 2.83. The fourth-order valence-corrected chi connectivity index (χ4v) is 3.31. The third-order valence-electron chi connectivity index (χ3n) is 3.75. The minimum atomic E-state index is -0.931. The van der Waals surface area contributed by atoms with E-state index in [4.69, 9.17) is 4.74 Å². The van der Waals surface area contributed by atoms with Gasteiger partial charge in [0.05, 0.1) is 5.25 Å². The number of carbonyl (C=O) groups is 2. The van der Waals surface area contributed by atoms with Crippen LogP contribution in [0.15, 0.2) is 48.5 Å². The lowest BCUT2D eigenvalue weighted by molar-refractivity contribution is -0.118. The number of amides is 2. The largest absolute Gasteiger partial charge is 0.491 e. The number of halogens is 1. The van der Waals surface area contributed by atoms with Crippen LogP contribution >= 0.6 is 11.8 Å². The second-order valence-corrected chi connectivity index (χ2v) is 6.79. The van der Waals surface area contributed by atoms with E-state index >= 15 is 0 Å². The highest BCUT2D eigenvalue weighted by Gasteiger charge is 2.31. The van der Waals surface area contributed by atoms with Crippen molar-refractivity contribution in [2.75, 3.05) is 6.61 Å². The first kappa shape index (κ1) is 17.4. The van der Waals surface area contributed by atoms with Crippen LogP contribution in [0.5, 0.6) is 5.75 Å². The molecule has 1 fully saturated rings. The topological polar surface area (TPSA) is 75.6 Å². The monoisotopic (exact) mass is 361 g/mol. The standard InChI is InChI=1S/C18H16FNO4S/c19-13-3-1-2-12(9-13)15(21)10-24-14-6-4-11(5-7-14)8-16-17(22)20-18(23)25-16/h1-7,9,15-16,21H,8,10H2,(H,20,22,23)/t15-,16+/m1/s1. The molecule has 0 aromatic heterocycles. The van der Waals surface area contributed by atoms with E-state index in [2.05, 4.69) is 5.32 Å². The number of hydrogen-bond acceptors (Lipinski definition) is 5. The molecule has 3 rings (SSSR count). The molecule has 1 aliphatic rings. The zero-order valence-electron chi connectivity index (χ0n) is 13.1. The zero-order chi connectivity index (χ0) is 17.8. The number of carbonyl (C=O) groups excluding carboxylic acids is 2. The average Bonchev–Trinajstić information content (AvgIpc) is 2.91. The van der Waals surface area contributed by atoms with Gasteiger partial charge < -0.3 is 9.84 Å². The number of hydrogen-bond donors (Lipinski definition) is 2. The molecular formula is C18H16FNO4S. The van der Waals surface area contributed by atoms with Gasteiger partial charge in [-0.25, -0.2) is 4.39 Å². The molecule has 1 saturated heterocycles. The van der Waals surface area contributed by atoms with Gasteiger partial charge in [-0.1, -0.05) is 36.0 Å². The molecule has 0 aliphatic carbocycles. The van der Waals surface area contributed by atoms with Crippen molar-refractivity contribution < 1.29 is 23.8 Å². The lowest BCUT2D eigenvalue weighted by Crippen LogP contribution is -2.25. The third kappa shape index (κ3) is 4.58. The molecule has 0 radical (unpaired) electrons. The van der Waals surface area contributed by atoms with E-state index in [1.54, 1.807) is 30.3 Å². The number of aliphatic hydroxyl groups is 1. The normalized spacial score (nSPS) is 18.1. The molecule has 1 aliphatic heterocycles. The summed E-state index contributed by atoms with van der Waals surface area (Å²) in [5, 5.41) is 11.6. The van der Waals surface area contributed by atoms with Crippen LogP contribution in [0.25, 0.3) is 0 Å². The van der Waals surface area contributed by atoms with E-state index in [1.807, 2.05) is 0 Å². The van der Waals surface area contributed by atoms with Crippen LogP contribution in [-0.2, 0) is 11.2 Å². The Bertz CT molecular complexity index is 781. The van der Waals surface area contributed by atoms with Crippen LogP contribution in [0.3, 0.4) is 0 Å². The molecule has 1 heterocycles. The minimum absolute atomic E-state index is 0.00180. The molecule has 2 aromatic carbocycles. The lowest BCUT2D eigenvalue weighted by atomic mass is 10.1. The summed E-state index contributed by atoms with van der Waals surface area (Å²) in [6.07, 6.45) is -0.478. The van der Waals surface area contributed by atoms with Crippen molar-refractivity contribution in [3.8, 4) is 5.75 Å². The number of thioether (sulfide) groups is 1. The second-order valence-electron chi connectivity index (χ2n) is 5.61. The molecule has 0 bridgehead atoms. The molecule has 0 spiro atoms. The molecule has 5 nitrogen and oxygen atoms in total. The number of rotatable bonds is 6. The van der Waals surface area contributed by atoms with Gasteiger partial charge in [0, 0.05) is 0 Å². The Hall–Kier alpha value is -2.38. The first-order chi connectivity index (χ1) is 12.0. The van der Waals surface area contributed by atoms with Crippen LogP contribution in [-0.4, -0.2) is 28.1 Å². The van der Waals surface area contributed by atoms with E-state index < -0.39 is 17.2 Å². The average molecular weight is 361 g/mol. The van der Waals surface area contributed by atoms with E-state index in [0.717, 1.165) is 17.3 Å². The summed E-state index contributed by atoms with van der Waals surface area (Å²) in [6, 6.07) is 12.8. The Morgan fingerprint density at radius 3 is 2.60 bits per heavy atom. The Morgan fingerprint density at radius 2 is 1.96 bits per heavy atom. The summed E-state index contributed by atoms with van der Waals surface area (Å²) in [5.74, 6) is -0.124. The smallest absolute Gasteiger partial charge is 0.286 e. The highest BCUT2D eigenvalue weighted by atomic mass is 32.2. The van der Waals surface area contributed by atoms with Gasteiger partial charge in [-0.3, -0.25) is 14.9 Å². The Labute approximate surface area is 148 Å². The highest BCUT2D eigenvalue weighted by molar-refractivity contribution is 8.15. The molecule has 0 saturated carbocycles. The summed E-state index contributed by atoms with van der Waals surface area (Å²) < 4.78 is 18.7. The molecule has 0 unspecified atom stereocenters. The van der Waals surface area contributed by atoms with Gasteiger partial charge in [-0.05, 0) is 41.8 Å². The summed E-state index contributed by atoms with van der Waals surface area (Å²) in [5.41, 5.74) is 1.35. The van der Waals surface area contributed by atoms with Crippen LogP contribution in [0.4, 0.5) is 9.18 Å². The molecule has 130 valence electrons. The maximum Gasteiger partial charge on any atom is 0.286 e. The number of aliphatic hydroxyl groups excluding tert-OH is 1. The van der Waals surface area contributed by atoms with E-state index in [-0.39, 0.29) is 17.8 Å². The van der Waals surface area contributed by atoms with Gasteiger partial charge in [0.1, 0.15) is 24.3 Å². The fraction of sp³-hybridized carbons (Fsp3) is 0.222. The van der Waals surface area contributed by atoms with Crippen molar-refractivity contribution in [1.29, 1.82) is 0 Å². The summed E-state index contributed by atoms with van der Waals surface area (Å²) in [4.78, 5) is 22.7. The van der Waals surface area contributed by atoms with Gasteiger partial charge in [-0.15, -0.1) is 0 Å². The quantitative estimate of drug-likeness (QED) is 0.827. The Balaban J connectivity index is 1.54. The molecule has 2 N–H and O–H groups in total. The maximum absolute atomic E-state index is 13.2. The van der Waals surface area contributed by atoms with Crippen molar-refractivity contribution in [1.82, 2.24) is 5.32 Å². The molecular weight excluding hydrogens is 345 g/mol. The number of ether oxygens (including phenoxy) is 1. The van der Waals surface area contributed by atoms with Crippen LogP contribution in [0, 0.1) is 5.82 Å². The molecule has 2 atom stereocenters. The lowest BCUT2D eigenvalue weighted by Gasteiger charge is -2.13. The van der Waals surface area contributed by atoms with E-state index in [0.29, 0.717) is 17.7 Å². The third-order valence-corrected chi connectivity index (χ3v) is 4.73. The van der Waals surface area contributed by atoms with Crippen molar-refractivity contribution in [3.05, 3.63) is 65.5 Å². The maximum atomic E-state index is 13.2. The first-order valence-corrected chi connectivity index (χ1v) is 8.56. The number of benzene rings is 2. The summed E-state index contributed by atoms with van der Waals surface area (Å²) in [7, 11) is 0. The van der Waals surface area contributed by atoms with Gasteiger partial charge in [0.2, 0.25) is 5.91 Å². The molecule has 2 aromatic rings. The molecule has 2 amide bonds. The zero-order valence-corrected chi connectivity index (χ0v) is 14.0. The molecule has 25 heavy (non-hydrogen) atoms. The van der Waals surface area contributed by atoms with Crippen molar-refractivity contribution in [3.63, 3.8) is 0 Å². The van der Waals surface area contributed by atoms with Crippen molar-refractivity contribution in [2.45, 2.75) is 17.8 Å². The van der Waals surface area contributed by atoms with Gasteiger partial charge in [-0.2, -0.15) is 0 Å². The minimum Gasteiger partial charge on any atom is -0.491 e. The highest BCUT2D eigenvalue weighted by Crippen LogP contribution is 2.24. The molecule has 7 heteroatoms. The van der Waals surface area contributed by atoms with Crippen molar-refractivity contribution >= 4 is 22.9 Å².